The summed E-state index contributed by atoms with van der Waals surface area (Å²) >= 11 is 0. The summed E-state index contributed by atoms with van der Waals surface area (Å²) < 4.78 is 0. The summed E-state index contributed by atoms with van der Waals surface area (Å²) in [5.41, 5.74) is 2.62. The van der Waals surface area contributed by atoms with Crippen LogP contribution < -0.4 is 0 Å². The fourth-order valence-electron chi connectivity index (χ4n) is 1.43. The van der Waals surface area contributed by atoms with Crippen LogP contribution in [-0.2, 0) is 0 Å². The molecule has 0 aliphatic rings. The number of Topliss-reactive ketones (excluding diaryl/α,β-unsaturated/α-hetero) is 1. The number of nitrogens with zero attached hydrogens (tertiary/aromatic N) is 4. The highest BCUT2D eigenvalue weighted by molar-refractivity contribution is 5.95. The van der Waals surface area contributed by atoms with Gasteiger partial charge in [0.25, 0.3) is 0 Å². The van der Waals surface area contributed by atoms with E-state index in [4.69, 9.17) is 0 Å². The molecule has 0 aromatic carbocycles. The van der Waals surface area contributed by atoms with E-state index in [1.165, 1.54) is 11.7 Å². The van der Waals surface area contributed by atoms with Crippen molar-refractivity contribution in [2.24, 2.45) is 0 Å². The number of rotatable bonds is 2. The van der Waals surface area contributed by atoms with Crippen molar-refractivity contribution >= 4 is 5.78 Å². The van der Waals surface area contributed by atoms with E-state index in [-0.39, 0.29) is 5.78 Å². The second-order valence-electron chi connectivity index (χ2n) is 3.65. The van der Waals surface area contributed by atoms with Crippen LogP contribution in [0, 0.1) is 13.8 Å². The number of aryl methyl sites for hydroxylation is 2. The van der Waals surface area contributed by atoms with Crippen LogP contribution in [-0.4, -0.2) is 25.8 Å². The minimum atomic E-state index is -0.0892. The SMILES string of the molecule is CC(=O)c1nc(C)ccc1-n1ncc(C)n1. The van der Waals surface area contributed by atoms with Crippen LogP contribution in [0.4, 0.5) is 0 Å². The van der Waals surface area contributed by atoms with Gasteiger partial charge in [0.1, 0.15) is 11.4 Å². The Kier molecular flexibility index (Phi) is 2.52. The van der Waals surface area contributed by atoms with Gasteiger partial charge in [-0.05, 0) is 26.0 Å². The van der Waals surface area contributed by atoms with Crippen LogP contribution in [0.2, 0.25) is 0 Å². The molecule has 0 N–H and O–H groups in total. The minimum Gasteiger partial charge on any atom is -0.293 e. The first-order chi connectivity index (χ1) is 7.58. The van der Waals surface area contributed by atoms with Crippen molar-refractivity contribution in [2.45, 2.75) is 20.8 Å². The van der Waals surface area contributed by atoms with E-state index in [0.29, 0.717) is 11.4 Å². The molecule has 2 rings (SSSR count). The fourth-order valence-corrected chi connectivity index (χ4v) is 1.43. The van der Waals surface area contributed by atoms with Crippen molar-refractivity contribution in [2.75, 3.05) is 0 Å². The maximum Gasteiger partial charge on any atom is 0.180 e. The zero-order valence-corrected chi connectivity index (χ0v) is 9.43. The molecule has 0 aliphatic carbocycles. The van der Waals surface area contributed by atoms with Gasteiger partial charge in [-0.25, -0.2) is 4.98 Å². The molecule has 0 radical (unpaired) electrons. The maximum atomic E-state index is 11.5. The fraction of sp³-hybridized carbons (Fsp3) is 0.273. The van der Waals surface area contributed by atoms with Gasteiger partial charge in [-0.3, -0.25) is 4.79 Å². The van der Waals surface area contributed by atoms with Crippen LogP contribution in [0.5, 0.6) is 0 Å². The molecule has 2 aromatic rings. The highest BCUT2D eigenvalue weighted by Crippen LogP contribution is 2.12. The smallest absolute Gasteiger partial charge is 0.180 e. The maximum absolute atomic E-state index is 11.5. The van der Waals surface area contributed by atoms with Crippen molar-refractivity contribution < 1.29 is 4.79 Å². The minimum absolute atomic E-state index is 0.0892. The highest BCUT2D eigenvalue weighted by Gasteiger charge is 2.12. The standard InChI is InChI=1S/C11H12N4O/c1-7-4-5-10(11(13-7)9(3)16)15-12-6-8(2)14-15/h4-6H,1-3H3. The molecule has 5 heteroatoms. The van der Waals surface area contributed by atoms with Crippen molar-refractivity contribution in [3.63, 3.8) is 0 Å². The summed E-state index contributed by atoms with van der Waals surface area (Å²) in [6.07, 6.45) is 1.64. The molecule has 0 aliphatic heterocycles. The number of ketones is 1. The predicted molar refractivity (Wildman–Crippen MR) is 58.6 cm³/mol. The molecule has 0 saturated carbocycles. The average molecular weight is 216 g/mol. The van der Waals surface area contributed by atoms with E-state index in [0.717, 1.165) is 11.4 Å². The molecule has 16 heavy (non-hydrogen) atoms. The Bertz CT molecular complexity index is 545. The molecule has 2 aromatic heterocycles. The van der Waals surface area contributed by atoms with E-state index in [1.54, 1.807) is 12.3 Å². The number of carbonyl (C=O) groups is 1. The topological polar surface area (TPSA) is 60.7 Å². The molecule has 0 spiro atoms. The Hall–Kier alpha value is -2.04. The van der Waals surface area contributed by atoms with E-state index >= 15 is 0 Å². The third kappa shape index (κ3) is 1.84. The molecular formula is C11H12N4O. The van der Waals surface area contributed by atoms with Crippen LogP contribution in [0.25, 0.3) is 5.69 Å². The number of hydrogen-bond acceptors (Lipinski definition) is 4. The Morgan fingerprint density at radius 3 is 2.56 bits per heavy atom. The number of hydrogen-bond donors (Lipinski definition) is 0. The van der Waals surface area contributed by atoms with E-state index in [2.05, 4.69) is 15.2 Å². The Morgan fingerprint density at radius 1 is 1.25 bits per heavy atom. The summed E-state index contributed by atoms with van der Waals surface area (Å²) in [4.78, 5) is 17.1. The summed E-state index contributed by atoms with van der Waals surface area (Å²) in [6, 6.07) is 3.64. The van der Waals surface area contributed by atoms with Crippen LogP contribution >= 0.6 is 0 Å². The van der Waals surface area contributed by atoms with Gasteiger partial charge < -0.3 is 0 Å². The molecule has 82 valence electrons. The van der Waals surface area contributed by atoms with Gasteiger partial charge in [-0.15, -0.1) is 4.80 Å². The van der Waals surface area contributed by atoms with Gasteiger partial charge in [0.05, 0.1) is 11.9 Å². The van der Waals surface area contributed by atoms with Gasteiger partial charge in [0, 0.05) is 12.6 Å². The predicted octanol–water partition coefficient (Wildman–Crippen LogP) is 1.48. The zero-order valence-electron chi connectivity index (χ0n) is 9.43. The number of pyridine rings is 1. The lowest BCUT2D eigenvalue weighted by Gasteiger charge is -2.05. The number of aromatic nitrogens is 4. The first kappa shape index (κ1) is 10.5. The van der Waals surface area contributed by atoms with Crippen molar-refractivity contribution in [3.05, 3.63) is 35.4 Å². The van der Waals surface area contributed by atoms with Crippen molar-refractivity contribution in [3.8, 4) is 5.69 Å². The van der Waals surface area contributed by atoms with Gasteiger partial charge >= 0.3 is 0 Å². The van der Waals surface area contributed by atoms with E-state index < -0.39 is 0 Å². The Balaban J connectivity index is 2.60. The summed E-state index contributed by atoms with van der Waals surface area (Å²) in [7, 11) is 0. The van der Waals surface area contributed by atoms with Gasteiger partial charge in [0.15, 0.2) is 5.78 Å². The quantitative estimate of drug-likeness (QED) is 0.713. The van der Waals surface area contributed by atoms with Crippen molar-refractivity contribution in [1.82, 2.24) is 20.0 Å². The second kappa shape index (κ2) is 3.84. The van der Waals surface area contributed by atoms with Crippen LogP contribution in [0.1, 0.15) is 28.8 Å². The summed E-state index contributed by atoms with van der Waals surface area (Å²) in [6.45, 7) is 5.18. The summed E-state index contributed by atoms with van der Waals surface area (Å²) in [5.74, 6) is -0.0892. The second-order valence-corrected chi connectivity index (χ2v) is 3.65. The van der Waals surface area contributed by atoms with E-state index in [1.807, 2.05) is 19.9 Å². The van der Waals surface area contributed by atoms with E-state index in [9.17, 15) is 4.79 Å². The third-order valence-corrected chi connectivity index (χ3v) is 2.17. The lowest BCUT2D eigenvalue weighted by atomic mass is 10.2. The van der Waals surface area contributed by atoms with Gasteiger partial charge in [-0.1, -0.05) is 0 Å². The monoisotopic (exact) mass is 216 g/mol. The lowest BCUT2D eigenvalue weighted by molar-refractivity contribution is 0.101. The molecule has 0 unspecified atom stereocenters. The van der Waals surface area contributed by atoms with Gasteiger partial charge in [0.2, 0.25) is 0 Å². The Labute approximate surface area is 93.1 Å². The zero-order chi connectivity index (χ0) is 11.7. The van der Waals surface area contributed by atoms with Crippen LogP contribution in [0.3, 0.4) is 0 Å². The van der Waals surface area contributed by atoms with Crippen molar-refractivity contribution in [1.29, 1.82) is 0 Å². The molecule has 0 fully saturated rings. The molecular weight excluding hydrogens is 204 g/mol. The normalized spacial score (nSPS) is 10.4. The van der Waals surface area contributed by atoms with Crippen LogP contribution in [0.15, 0.2) is 18.3 Å². The molecule has 0 amide bonds. The summed E-state index contributed by atoms with van der Waals surface area (Å²) in [5, 5.41) is 8.24. The first-order valence-corrected chi connectivity index (χ1v) is 4.96. The lowest BCUT2D eigenvalue weighted by Crippen LogP contribution is -2.09. The van der Waals surface area contributed by atoms with Gasteiger partial charge in [-0.2, -0.15) is 10.2 Å². The largest absolute Gasteiger partial charge is 0.293 e. The molecule has 0 saturated heterocycles. The average Bonchev–Trinajstić information content (AvgIpc) is 2.64. The third-order valence-electron chi connectivity index (χ3n) is 2.17. The number of carbonyl (C=O) groups excluding carboxylic acids is 1. The Morgan fingerprint density at radius 2 is 2.00 bits per heavy atom. The first-order valence-electron chi connectivity index (χ1n) is 4.96. The molecule has 2 heterocycles. The molecule has 5 nitrogen and oxygen atoms in total. The molecule has 0 bridgehead atoms. The highest BCUT2D eigenvalue weighted by atomic mass is 16.1. The molecule has 0 atom stereocenters.